The van der Waals surface area contributed by atoms with E-state index in [9.17, 15) is 4.79 Å². The lowest BCUT2D eigenvalue weighted by molar-refractivity contribution is 0.0927. The number of carbonyl (C=O) groups excluding carboxylic acids is 1. The number of aryl methyl sites for hydroxylation is 4. The van der Waals surface area contributed by atoms with E-state index in [2.05, 4.69) is 30.4 Å². The van der Waals surface area contributed by atoms with E-state index < -0.39 is 0 Å². The topological polar surface area (TPSA) is 93.8 Å². The second kappa shape index (κ2) is 6.64. The number of amides is 1. The number of rotatable bonds is 3. The Hall–Kier alpha value is -2.97. The highest BCUT2D eigenvalue weighted by molar-refractivity contribution is 5.92. The molecule has 1 aliphatic rings. The van der Waals surface area contributed by atoms with Gasteiger partial charge in [0, 0.05) is 38.9 Å². The summed E-state index contributed by atoms with van der Waals surface area (Å²) < 4.78 is 3.48. The summed E-state index contributed by atoms with van der Waals surface area (Å²) in [4.78, 5) is 23.9. The van der Waals surface area contributed by atoms with Crippen LogP contribution >= 0.6 is 0 Å². The maximum atomic E-state index is 12.5. The van der Waals surface area contributed by atoms with Crippen LogP contribution in [0.1, 0.15) is 34.8 Å². The zero-order valence-corrected chi connectivity index (χ0v) is 16.1. The van der Waals surface area contributed by atoms with Crippen LogP contribution in [0, 0.1) is 13.8 Å². The standard InChI is InChI=1S/C18H24N8O/c1-11-8-15(23-24(11)3)18(27)22-13-6-5-7-26(10-13)17-14-9-19-25(4)16(14)20-12(2)21-17/h8-9,13H,5-7,10H2,1-4H3,(H,22,27). The maximum absolute atomic E-state index is 12.5. The molecule has 0 aromatic carbocycles. The first kappa shape index (κ1) is 17.4. The third kappa shape index (κ3) is 3.24. The molecule has 1 aliphatic heterocycles. The number of piperidine rings is 1. The second-order valence-electron chi connectivity index (χ2n) is 7.15. The van der Waals surface area contributed by atoms with Crippen LogP contribution in [0.4, 0.5) is 5.82 Å². The van der Waals surface area contributed by atoms with Gasteiger partial charge < -0.3 is 10.2 Å². The van der Waals surface area contributed by atoms with Gasteiger partial charge in [-0.15, -0.1) is 0 Å². The number of nitrogens with zero attached hydrogens (tertiary/aromatic N) is 7. The molecule has 4 heterocycles. The number of hydrogen-bond donors (Lipinski definition) is 1. The van der Waals surface area contributed by atoms with Crippen molar-refractivity contribution in [3.8, 4) is 0 Å². The minimum Gasteiger partial charge on any atom is -0.354 e. The first-order chi connectivity index (χ1) is 12.9. The van der Waals surface area contributed by atoms with Crippen molar-refractivity contribution in [3.63, 3.8) is 0 Å². The molecule has 1 unspecified atom stereocenters. The Balaban J connectivity index is 1.54. The Kier molecular flexibility index (Phi) is 4.29. The third-order valence-electron chi connectivity index (χ3n) is 5.09. The lowest BCUT2D eigenvalue weighted by Gasteiger charge is -2.34. The molecular weight excluding hydrogens is 344 g/mol. The van der Waals surface area contributed by atoms with Crippen molar-refractivity contribution in [1.29, 1.82) is 0 Å². The van der Waals surface area contributed by atoms with Crippen LogP contribution in [0.2, 0.25) is 0 Å². The summed E-state index contributed by atoms with van der Waals surface area (Å²) in [7, 11) is 3.72. The molecule has 1 amide bonds. The molecule has 9 nitrogen and oxygen atoms in total. The molecule has 0 saturated carbocycles. The van der Waals surface area contributed by atoms with Crippen LogP contribution in [0.5, 0.6) is 0 Å². The van der Waals surface area contributed by atoms with Crippen molar-refractivity contribution < 1.29 is 4.79 Å². The average molecular weight is 368 g/mol. The predicted molar refractivity (Wildman–Crippen MR) is 102 cm³/mol. The molecule has 27 heavy (non-hydrogen) atoms. The van der Waals surface area contributed by atoms with E-state index >= 15 is 0 Å². The second-order valence-corrected chi connectivity index (χ2v) is 7.15. The SMILES string of the molecule is Cc1nc(N2CCCC(NC(=O)c3cc(C)n(C)n3)C2)c2cnn(C)c2n1. The number of carbonyl (C=O) groups is 1. The van der Waals surface area contributed by atoms with E-state index in [-0.39, 0.29) is 11.9 Å². The molecule has 1 fully saturated rings. The fraction of sp³-hybridized carbons (Fsp3) is 0.500. The number of nitrogens with one attached hydrogen (secondary N) is 1. The summed E-state index contributed by atoms with van der Waals surface area (Å²) in [5.41, 5.74) is 2.24. The van der Waals surface area contributed by atoms with Crippen LogP contribution < -0.4 is 10.2 Å². The molecule has 4 rings (SSSR count). The Bertz CT molecular complexity index is 985. The van der Waals surface area contributed by atoms with Crippen molar-refractivity contribution in [2.75, 3.05) is 18.0 Å². The Morgan fingerprint density at radius 2 is 2.04 bits per heavy atom. The summed E-state index contributed by atoms with van der Waals surface area (Å²) in [5.74, 6) is 1.48. The zero-order chi connectivity index (χ0) is 19.1. The highest BCUT2D eigenvalue weighted by atomic mass is 16.2. The molecule has 0 bridgehead atoms. The number of hydrogen-bond acceptors (Lipinski definition) is 6. The van der Waals surface area contributed by atoms with Gasteiger partial charge in [-0.2, -0.15) is 10.2 Å². The monoisotopic (exact) mass is 368 g/mol. The van der Waals surface area contributed by atoms with E-state index in [0.29, 0.717) is 12.2 Å². The molecule has 0 spiro atoms. The molecule has 1 saturated heterocycles. The van der Waals surface area contributed by atoms with Gasteiger partial charge in [0.25, 0.3) is 5.91 Å². The third-order valence-corrected chi connectivity index (χ3v) is 5.09. The van der Waals surface area contributed by atoms with Crippen LogP contribution in [0.15, 0.2) is 12.3 Å². The molecular formula is C18H24N8O. The fourth-order valence-corrected chi connectivity index (χ4v) is 3.57. The lowest BCUT2D eigenvalue weighted by atomic mass is 10.1. The van der Waals surface area contributed by atoms with Gasteiger partial charge in [-0.3, -0.25) is 14.2 Å². The van der Waals surface area contributed by atoms with E-state index in [1.54, 1.807) is 9.36 Å². The van der Waals surface area contributed by atoms with Gasteiger partial charge in [0.2, 0.25) is 0 Å². The van der Waals surface area contributed by atoms with Gasteiger partial charge in [-0.05, 0) is 32.8 Å². The number of anilines is 1. The van der Waals surface area contributed by atoms with Crippen LogP contribution in [0.3, 0.4) is 0 Å². The van der Waals surface area contributed by atoms with Crippen molar-refractivity contribution in [2.45, 2.75) is 32.7 Å². The largest absolute Gasteiger partial charge is 0.354 e. The molecule has 3 aromatic rings. The zero-order valence-electron chi connectivity index (χ0n) is 16.1. The smallest absolute Gasteiger partial charge is 0.272 e. The minimum absolute atomic E-state index is 0.0514. The van der Waals surface area contributed by atoms with Gasteiger partial charge in [-0.1, -0.05) is 0 Å². The molecule has 3 aromatic heterocycles. The van der Waals surface area contributed by atoms with E-state index in [1.165, 1.54) is 0 Å². The van der Waals surface area contributed by atoms with Crippen molar-refractivity contribution in [1.82, 2.24) is 34.8 Å². The summed E-state index contributed by atoms with van der Waals surface area (Å²) >= 11 is 0. The van der Waals surface area contributed by atoms with E-state index in [0.717, 1.165) is 47.8 Å². The van der Waals surface area contributed by atoms with Gasteiger partial charge in [0.15, 0.2) is 5.65 Å². The maximum Gasteiger partial charge on any atom is 0.272 e. The molecule has 1 N–H and O–H groups in total. The summed E-state index contributed by atoms with van der Waals surface area (Å²) in [6.45, 7) is 5.43. The van der Waals surface area contributed by atoms with Crippen molar-refractivity contribution >= 4 is 22.8 Å². The molecule has 9 heteroatoms. The highest BCUT2D eigenvalue weighted by Gasteiger charge is 2.25. The lowest BCUT2D eigenvalue weighted by Crippen LogP contribution is -2.48. The van der Waals surface area contributed by atoms with E-state index in [1.807, 2.05) is 40.2 Å². The van der Waals surface area contributed by atoms with E-state index in [4.69, 9.17) is 0 Å². The summed E-state index contributed by atoms with van der Waals surface area (Å²) in [6, 6.07) is 1.86. The number of fused-ring (bicyclic) bond motifs is 1. The molecule has 1 atom stereocenters. The first-order valence-electron chi connectivity index (χ1n) is 9.15. The van der Waals surface area contributed by atoms with Crippen molar-refractivity contribution in [2.24, 2.45) is 14.1 Å². The van der Waals surface area contributed by atoms with Gasteiger partial charge in [-0.25, -0.2) is 9.97 Å². The quantitative estimate of drug-likeness (QED) is 0.744. The summed E-state index contributed by atoms with van der Waals surface area (Å²) in [5, 5.41) is 12.6. The Labute approximate surface area is 157 Å². The van der Waals surface area contributed by atoms with Crippen LogP contribution in [0.25, 0.3) is 11.0 Å². The summed E-state index contributed by atoms with van der Waals surface area (Å²) in [6.07, 6.45) is 3.73. The Morgan fingerprint density at radius 3 is 2.78 bits per heavy atom. The first-order valence-corrected chi connectivity index (χ1v) is 9.15. The van der Waals surface area contributed by atoms with Crippen LogP contribution in [-0.4, -0.2) is 54.6 Å². The van der Waals surface area contributed by atoms with Crippen LogP contribution in [-0.2, 0) is 14.1 Å². The minimum atomic E-state index is -0.129. The molecule has 0 radical (unpaired) electrons. The average Bonchev–Trinajstić information content (AvgIpc) is 3.17. The molecule has 142 valence electrons. The number of aromatic nitrogens is 6. The van der Waals surface area contributed by atoms with Gasteiger partial charge in [0.05, 0.1) is 11.6 Å². The van der Waals surface area contributed by atoms with Gasteiger partial charge in [0.1, 0.15) is 17.3 Å². The normalized spacial score (nSPS) is 17.5. The van der Waals surface area contributed by atoms with Crippen molar-refractivity contribution in [3.05, 3.63) is 29.5 Å². The fourth-order valence-electron chi connectivity index (χ4n) is 3.57. The van der Waals surface area contributed by atoms with Gasteiger partial charge >= 0.3 is 0 Å². The Morgan fingerprint density at radius 1 is 1.22 bits per heavy atom. The predicted octanol–water partition coefficient (Wildman–Crippen LogP) is 1.11. The highest BCUT2D eigenvalue weighted by Crippen LogP contribution is 2.26. The molecule has 0 aliphatic carbocycles.